The minimum atomic E-state index is -5.26. The Hall–Kier alpha value is -1.73. The SMILES string of the molecule is O=C(c1ccccc1OC(F)(F)F)C(F)(F)F. The lowest BCUT2D eigenvalue weighted by atomic mass is 10.1. The number of halogens is 6. The lowest BCUT2D eigenvalue weighted by Crippen LogP contribution is -2.25. The van der Waals surface area contributed by atoms with Crippen molar-refractivity contribution in [2.75, 3.05) is 0 Å². The summed E-state index contributed by atoms with van der Waals surface area (Å²) in [6, 6.07) is 3.26. The van der Waals surface area contributed by atoms with Gasteiger partial charge in [0.2, 0.25) is 0 Å². The zero-order valence-electron chi connectivity index (χ0n) is 7.89. The summed E-state index contributed by atoms with van der Waals surface area (Å²) in [4.78, 5) is 10.8. The van der Waals surface area contributed by atoms with Gasteiger partial charge in [-0.05, 0) is 12.1 Å². The van der Waals surface area contributed by atoms with Gasteiger partial charge < -0.3 is 4.74 Å². The van der Waals surface area contributed by atoms with Crippen molar-refractivity contribution >= 4 is 5.78 Å². The maximum absolute atomic E-state index is 12.1. The van der Waals surface area contributed by atoms with Gasteiger partial charge in [0.05, 0.1) is 5.56 Å². The molecule has 0 bridgehead atoms. The van der Waals surface area contributed by atoms with Crippen LogP contribution in [-0.4, -0.2) is 18.3 Å². The smallest absolute Gasteiger partial charge is 0.405 e. The van der Waals surface area contributed by atoms with Crippen molar-refractivity contribution in [2.45, 2.75) is 12.5 Å². The van der Waals surface area contributed by atoms with Crippen LogP contribution in [0.5, 0.6) is 5.75 Å². The molecule has 0 aromatic heterocycles. The molecule has 17 heavy (non-hydrogen) atoms. The van der Waals surface area contributed by atoms with Gasteiger partial charge in [0.1, 0.15) is 5.75 Å². The van der Waals surface area contributed by atoms with E-state index in [4.69, 9.17) is 0 Å². The van der Waals surface area contributed by atoms with Crippen LogP contribution in [-0.2, 0) is 0 Å². The first kappa shape index (κ1) is 13.3. The van der Waals surface area contributed by atoms with E-state index in [1.807, 2.05) is 0 Å². The number of ketones is 1. The van der Waals surface area contributed by atoms with Crippen LogP contribution in [0, 0.1) is 0 Å². The molecular formula is C9H4F6O2. The van der Waals surface area contributed by atoms with Gasteiger partial charge in [0.15, 0.2) is 0 Å². The maximum atomic E-state index is 12.1. The highest BCUT2D eigenvalue weighted by Crippen LogP contribution is 2.30. The van der Waals surface area contributed by atoms with E-state index in [9.17, 15) is 31.1 Å². The van der Waals surface area contributed by atoms with Crippen molar-refractivity contribution in [3.63, 3.8) is 0 Å². The predicted octanol–water partition coefficient (Wildman–Crippen LogP) is 3.33. The quantitative estimate of drug-likeness (QED) is 0.600. The molecule has 0 aliphatic carbocycles. The van der Waals surface area contributed by atoms with E-state index >= 15 is 0 Å². The number of carbonyl (C=O) groups is 1. The molecule has 0 atom stereocenters. The summed E-state index contributed by atoms with van der Waals surface area (Å²) in [5.74, 6) is -3.57. The van der Waals surface area contributed by atoms with E-state index in [1.165, 1.54) is 0 Å². The zero-order valence-corrected chi connectivity index (χ0v) is 7.89. The van der Waals surface area contributed by atoms with Crippen LogP contribution in [0.1, 0.15) is 10.4 Å². The number of hydrogen-bond acceptors (Lipinski definition) is 2. The molecule has 0 N–H and O–H groups in total. The lowest BCUT2D eigenvalue weighted by Gasteiger charge is -2.13. The number of alkyl halides is 6. The number of Topliss-reactive ketones (excluding diaryl/α,β-unsaturated/α-hetero) is 1. The average molecular weight is 258 g/mol. The molecule has 0 spiro atoms. The third kappa shape index (κ3) is 3.65. The summed E-state index contributed by atoms with van der Waals surface area (Å²) in [7, 11) is 0. The second kappa shape index (κ2) is 4.27. The topological polar surface area (TPSA) is 26.3 Å². The number of rotatable bonds is 2. The van der Waals surface area contributed by atoms with Gasteiger partial charge in [-0.2, -0.15) is 13.2 Å². The number of ether oxygens (including phenoxy) is 1. The van der Waals surface area contributed by atoms with Crippen molar-refractivity contribution in [2.24, 2.45) is 0 Å². The zero-order chi connectivity index (χ0) is 13.3. The summed E-state index contributed by atoms with van der Waals surface area (Å²) in [5, 5.41) is 0. The number of benzene rings is 1. The van der Waals surface area contributed by atoms with Crippen LogP contribution in [0.3, 0.4) is 0 Å². The molecule has 0 aliphatic heterocycles. The van der Waals surface area contributed by atoms with E-state index in [-0.39, 0.29) is 0 Å². The van der Waals surface area contributed by atoms with Crippen LogP contribution >= 0.6 is 0 Å². The molecule has 1 rings (SSSR count). The molecule has 94 valence electrons. The molecule has 8 heteroatoms. The fourth-order valence-corrected chi connectivity index (χ4v) is 1.02. The van der Waals surface area contributed by atoms with Gasteiger partial charge in [0.25, 0.3) is 5.78 Å². The van der Waals surface area contributed by atoms with Gasteiger partial charge in [-0.1, -0.05) is 12.1 Å². The fraction of sp³-hybridized carbons (Fsp3) is 0.222. The second-order valence-electron chi connectivity index (χ2n) is 2.87. The monoisotopic (exact) mass is 258 g/mol. The van der Waals surface area contributed by atoms with E-state index < -0.39 is 29.6 Å². The predicted molar refractivity (Wildman–Crippen MR) is 43.5 cm³/mol. The third-order valence-corrected chi connectivity index (χ3v) is 1.61. The Morgan fingerprint density at radius 1 is 1.00 bits per heavy atom. The summed E-state index contributed by atoms with van der Waals surface area (Å²) >= 11 is 0. The average Bonchev–Trinajstić information content (AvgIpc) is 2.13. The molecule has 0 aliphatic rings. The Kier molecular flexibility index (Phi) is 3.35. The first-order valence-electron chi connectivity index (χ1n) is 4.07. The van der Waals surface area contributed by atoms with E-state index in [0.29, 0.717) is 12.1 Å². The molecule has 0 heterocycles. The Labute approximate surface area is 90.8 Å². The van der Waals surface area contributed by atoms with Gasteiger partial charge >= 0.3 is 12.5 Å². The van der Waals surface area contributed by atoms with Crippen LogP contribution in [0.25, 0.3) is 0 Å². The lowest BCUT2D eigenvalue weighted by molar-refractivity contribution is -0.274. The summed E-state index contributed by atoms with van der Waals surface area (Å²) < 4.78 is 75.1. The molecule has 0 saturated carbocycles. The number of para-hydroxylation sites is 1. The first-order chi connectivity index (χ1) is 7.61. The van der Waals surface area contributed by atoms with Crippen LogP contribution in [0.4, 0.5) is 26.3 Å². The summed E-state index contributed by atoms with van der Waals surface area (Å²) in [6.45, 7) is 0. The molecule has 0 saturated heterocycles. The van der Waals surface area contributed by atoms with Crippen LogP contribution < -0.4 is 4.74 Å². The molecule has 0 amide bonds. The molecule has 0 fully saturated rings. The summed E-state index contributed by atoms with van der Waals surface area (Å²) in [6.07, 6.45) is -10.4. The highest BCUT2D eigenvalue weighted by atomic mass is 19.4. The Morgan fingerprint density at radius 2 is 1.53 bits per heavy atom. The van der Waals surface area contributed by atoms with Gasteiger partial charge in [-0.15, -0.1) is 13.2 Å². The van der Waals surface area contributed by atoms with Crippen molar-refractivity contribution in [3.05, 3.63) is 29.8 Å². The fourth-order valence-electron chi connectivity index (χ4n) is 1.02. The van der Waals surface area contributed by atoms with Crippen molar-refractivity contribution < 1.29 is 35.9 Å². The standard InChI is InChI=1S/C9H4F6O2/c10-8(11,12)7(16)5-3-1-2-4-6(5)17-9(13,14)15/h1-4H. The Bertz CT molecular complexity index is 420. The van der Waals surface area contributed by atoms with Crippen molar-refractivity contribution in [1.29, 1.82) is 0 Å². The largest absolute Gasteiger partial charge is 0.573 e. The third-order valence-electron chi connectivity index (χ3n) is 1.61. The minimum absolute atomic E-state index is 0.608. The Morgan fingerprint density at radius 3 is 2.00 bits per heavy atom. The maximum Gasteiger partial charge on any atom is 0.573 e. The Balaban J connectivity index is 3.13. The van der Waals surface area contributed by atoms with Gasteiger partial charge in [0, 0.05) is 0 Å². The van der Waals surface area contributed by atoms with Crippen molar-refractivity contribution in [1.82, 2.24) is 0 Å². The van der Waals surface area contributed by atoms with E-state index in [1.54, 1.807) is 0 Å². The van der Waals surface area contributed by atoms with Crippen LogP contribution in [0.15, 0.2) is 24.3 Å². The molecule has 2 nitrogen and oxygen atoms in total. The number of hydrogen-bond donors (Lipinski definition) is 0. The molecule has 0 unspecified atom stereocenters. The van der Waals surface area contributed by atoms with Gasteiger partial charge in [-0.3, -0.25) is 4.79 Å². The number of carbonyl (C=O) groups excluding carboxylic acids is 1. The molecule has 1 aromatic rings. The highest BCUT2D eigenvalue weighted by Gasteiger charge is 2.42. The van der Waals surface area contributed by atoms with Gasteiger partial charge in [-0.25, -0.2) is 0 Å². The van der Waals surface area contributed by atoms with E-state index in [0.717, 1.165) is 12.1 Å². The first-order valence-corrected chi connectivity index (χ1v) is 4.07. The van der Waals surface area contributed by atoms with Crippen molar-refractivity contribution in [3.8, 4) is 5.75 Å². The highest BCUT2D eigenvalue weighted by molar-refractivity contribution is 6.02. The summed E-state index contributed by atoms with van der Waals surface area (Å²) in [5.41, 5.74) is -1.18. The molecular weight excluding hydrogens is 254 g/mol. The normalized spacial score (nSPS) is 12.4. The molecule has 1 aromatic carbocycles. The van der Waals surface area contributed by atoms with E-state index in [2.05, 4.69) is 4.74 Å². The molecule has 0 radical (unpaired) electrons. The minimum Gasteiger partial charge on any atom is -0.405 e. The van der Waals surface area contributed by atoms with Crippen LogP contribution in [0.2, 0.25) is 0 Å². The second-order valence-corrected chi connectivity index (χ2v) is 2.87.